The van der Waals surface area contributed by atoms with Gasteiger partial charge in [-0.05, 0) is 24.7 Å². The number of allylic oxidation sites excluding steroid dienone is 1. The summed E-state index contributed by atoms with van der Waals surface area (Å²) in [5.41, 5.74) is 1.19. The molecule has 13 heavy (non-hydrogen) atoms. The first kappa shape index (κ1) is 12.7. The predicted molar refractivity (Wildman–Crippen MR) is 58.7 cm³/mol. The minimum absolute atomic E-state index is 0.0930. The van der Waals surface area contributed by atoms with Gasteiger partial charge in [0.15, 0.2) is 0 Å². The van der Waals surface area contributed by atoms with Crippen molar-refractivity contribution in [1.82, 2.24) is 0 Å². The Balaban J connectivity index is 4.75. The zero-order valence-corrected chi connectivity index (χ0v) is 10.1. The van der Waals surface area contributed by atoms with Crippen LogP contribution in [0.25, 0.3) is 0 Å². The van der Waals surface area contributed by atoms with Gasteiger partial charge in [0.1, 0.15) is 0 Å². The molecule has 0 aromatic heterocycles. The quantitative estimate of drug-likeness (QED) is 0.652. The molecule has 0 saturated carbocycles. The second-order valence-corrected chi connectivity index (χ2v) is 5.66. The van der Waals surface area contributed by atoms with E-state index in [9.17, 15) is 5.11 Å². The zero-order valence-electron chi connectivity index (χ0n) is 10.1. The number of hydrogen-bond donors (Lipinski definition) is 1. The van der Waals surface area contributed by atoms with Crippen LogP contribution in [0.15, 0.2) is 11.6 Å². The highest BCUT2D eigenvalue weighted by Crippen LogP contribution is 2.41. The summed E-state index contributed by atoms with van der Waals surface area (Å²) in [6.45, 7) is 14.7. The molecule has 0 spiro atoms. The minimum Gasteiger partial charge on any atom is -0.388 e. The summed E-state index contributed by atoms with van der Waals surface area (Å²) in [5, 5.41) is 10.0. The third-order valence-electron chi connectivity index (χ3n) is 3.16. The standard InChI is InChI=1S/C12H24O/c1-9(2)8-10(13)12(6,7)11(3,4)5/h8,10,13H,1-7H3. The SMILES string of the molecule is CC(C)=CC(O)C(C)(C)C(C)(C)C. The Labute approximate surface area is 82.9 Å². The molecule has 0 saturated heterocycles. The van der Waals surface area contributed by atoms with Gasteiger partial charge in [0.25, 0.3) is 0 Å². The topological polar surface area (TPSA) is 20.2 Å². The van der Waals surface area contributed by atoms with E-state index < -0.39 is 0 Å². The minimum atomic E-state index is -0.363. The van der Waals surface area contributed by atoms with Gasteiger partial charge < -0.3 is 5.11 Å². The number of rotatable bonds is 2. The summed E-state index contributed by atoms with van der Waals surface area (Å²) in [6.07, 6.45) is 1.57. The Bertz CT molecular complexity index is 190. The lowest BCUT2D eigenvalue weighted by Crippen LogP contribution is -2.39. The van der Waals surface area contributed by atoms with Crippen molar-refractivity contribution in [3.8, 4) is 0 Å². The highest BCUT2D eigenvalue weighted by Gasteiger charge is 2.37. The van der Waals surface area contributed by atoms with E-state index in [-0.39, 0.29) is 16.9 Å². The molecule has 0 aliphatic carbocycles. The van der Waals surface area contributed by atoms with Crippen molar-refractivity contribution in [2.75, 3.05) is 0 Å². The lowest BCUT2D eigenvalue weighted by Gasteiger charge is -2.41. The third kappa shape index (κ3) is 3.15. The van der Waals surface area contributed by atoms with Gasteiger partial charge in [0.05, 0.1) is 6.10 Å². The van der Waals surface area contributed by atoms with E-state index >= 15 is 0 Å². The molecular weight excluding hydrogens is 160 g/mol. The van der Waals surface area contributed by atoms with E-state index in [1.54, 1.807) is 0 Å². The van der Waals surface area contributed by atoms with E-state index in [0.29, 0.717) is 0 Å². The number of hydrogen-bond acceptors (Lipinski definition) is 1. The van der Waals surface area contributed by atoms with Crippen LogP contribution in [0.5, 0.6) is 0 Å². The molecule has 1 heteroatoms. The molecule has 0 heterocycles. The largest absolute Gasteiger partial charge is 0.388 e. The van der Waals surface area contributed by atoms with Crippen LogP contribution in [0.1, 0.15) is 48.5 Å². The van der Waals surface area contributed by atoms with Crippen LogP contribution in [-0.2, 0) is 0 Å². The Morgan fingerprint density at radius 3 is 1.69 bits per heavy atom. The van der Waals surface area contributed by atoms with Crippen LogP contribution in [0.3, 0.4) is 0 Å². The van der Waals surface area contributed by atoms with Crippen molar-refractivity contribution in [1.29, 1.82) is 0 Å². The average molecular weight is 184 g/mol. The summed E-state index contributed by atoms with van der Waals surface area (Å²) in [4.78, 5) is 0. The Kier molecular flexibility index (Phi) is 3.74. The molecule has 78 valence electrons. The highest BCUT2D eigenvalue weighted by atomic mass is 16.3. The van der Waals surface area contributed by atoms with E-state index in [1.165, 1.54) is 5.57 Å². The van der Waals surface area contributed by atoms with Gasteiger partial charge in [-0.15, -0.1) is 0 Å². The normalized spacial score (nSPS) is 15.4. The average Bonchev–Trinajstić information content (AvgIpc) is 1.82. The Morgan fingerprint density at radius 1 is 1.08 bits per heavy atom. The van der Waals surface area contributed by atoms with E-state index in [2.05, 4.69) is 34.6 Å². The molecule has 1 atom stereocenters. The van der Waals surface area contributed by atoms with Crippen LogP contribution in [0.4, 0.5) is 0 Å². The van der Waals surface area contributed by atoms with E-state index in [1.807, 2.05) is 19.9 Å². The molecular formula is C12H24O. The number of aliphatic hydroxyl groups excluding tert-OH is 1. The van der Waals surface area contributed by atoms with Gasteiger partial charge in [0.2, 0.25) is 0 Å². The van der Waals surface area contributed by atoms with Crippen molar-refractivity contribution in [2.24, 2.45) is 10.8 Å². The summed E-state index contributed by atoms with van der Waals surface area (Å²) in [6, 6.07) is 0. The summed E-state index contributed by atoms with van der Waals surface area (Å²) in [7, 11) is 0. The zero-order chi connectivity index (χ0) is 10.9. The molecule has 0 aromatic rings. The maximum Gasteiger partial charge on any atom is 0.0779 e. The molecule has 0 radical (unpaired) electrons. The van der Waals surface area contributed by atoms with Gasteiger partial charge in [-0.1, -0.05) is 46.3 Å². The van der Waals surface area contributed by atoms with Crippen molar-refractivity contribution >= 4 is 0 Å². The fourth-order valence-electron chi connectivity index (χ4n) is 0.968. The molecule has 1 N–H and O–H groups in total. The van der Waals surface area contributed by atoms with Gasteiger partial charge >= 0.3 is 0 Å². The second-order valence-electron chi connectivity index (χ2n) is 5.66. The van der Waals surface area contributed by atoms with Crippen molar-refractivity contribution in [3.63, 3.8) is 0 Å². The molecule has 0 bridgehead atoms. The Morgan fingerprint density at radius 2 is 1.46 bits per heavy atom. The number of aliphatic hydroxyl groups is 1. The van der Waals surface area contributed by atoms with E-state index in [0.717, 1.165) is 0 Å². The van der Waals surface area contributed by atoms with Crippen molar-refractivity contribution in [3.05, 3.63) is 11.6 Å². The molecule has 0 fully saturated rings. The third-order valence-corrected chi connectivity index (χ3v) is 3.16. The van der Waals surface area contributed by atoms with Crippen molar-refractivity contribution < 1.29 is 5.11 Å². The molecule has 0 amide bonds. The monoisotopic (exact) mass is 184 g/mol. The molecule has 0 rings (SSSR count). The molecule has 1 unspecified atom stereocenters. The van der Waals surface area contributed by atoms with Gasteiger partial charge in [0, 0.05) is 0 Å². The summed E-state index contributed by atoms with van der Waals surface area (Å²) in [5.74, 6) is 0. The smallest absolute Gasteiger partial charge is 0.0779 e. The maximum atomic E-state index is 10.0. The molecule has 0 aliphatic rings. The van der Waals surface area contributed by atoms with E-state index in [4.69, 9.17) is 0 Å². The lowest BCUT2D eigenvalue weighted by atomic mass is 9.66. The second kappa shape index (κ2) is 3.83. The first-order valence-electron chi connectivity index (χ1n) is 4.92. The molecule has 1 nitrogen and oxygen atoms in total. The molecule has 0 aromatic carbocycles. The fourth-order valence-corrected chi connectivity index (χ4v) is 0.968. The van der Waals surface area contributed by atoms with Crippen LogP contribution in [0, 0.1) is 10.8 Å². The molecule has 0 aliphatic heterocycles. The highest BCUT2D eigenvalue weighted by molar-refractivity contribution is 5.05. The van der Waals surface area contributed by atoms with Gasteiger partial charge in [-0.3, -0.25) is 0 Å². The fraction of sp³-hybridized carbons (Fsp3) is 0.833. The Hall–Kier alpha value is -0.300. The summed E-state index contributed by atoms with van der Waals surface area (Å²) >= 11 is 0. The first-order valence-corrected chi connectivity index (χ1v) is 4.92. The summed E-state index contributed by atoms with van der Waals surface area (Å²) < 4.78 is 0. The first-order chi connectivity index (χ1) is 5.59. The van der Waals surface area contributed by atoms with Crippen LogP contribution in [-0.4, -0.2) is 11.2 Å². The van der Waals surface area contributed by atoms with Crippen LogP contribution < -0.4 is 0 Å². The van der Waals surface area contributed by atoms with Crippen LogP contribution >= 0.6 is 0 Å². The van der Waals surface area contributed by atoms with Gasteiger partial charge in [-0.25, -0.2) is 0 Å². The van der Waals surface area contributed by atoms with Gasteiger partial charge in [-0.2, -0.15) is 0 Å². The van der Waals surface area contributed by atoms with Crippen LogP contribution in [0.2, 0.25) is 0 Å². The van der Waals surface area contributed by atoms with Crippen molar-refractivity contribution in [2.45, 2.75) is 54.6 Å². The lowest BCUT2D eigenvalue weighted by molar-refractivity contribution is 0.00175. The predicted octanol–water partition coefficient (Wildman–Crippen LogP) is 3.39. The maximum absolute atomic E-state index is 10.0.